The SMILES string of the molecule is CC(=O)N1CCN(c2ccc(Oc3ncnc4c3cnn4C3CCN(C(=O)OC(C)(C)C)CC3)cc2)CC1. The number of carbonyl (C=O) groups is 2. The predicted octanol–water partition coefficient (Wildman–Crippen LogP) is 3.86. The number of anilines is 1. The van der Waals surface area contributed by atoms with E-state index in [1.165, 1.54) is 6.33 Å². The van der Waals surface area contributed by atoms with Crippen LogP contribution in [-0.2, 0) is 9.53 Å². The predicted molar refractivity (Wildman–Crippen MR) is 142 cm³/mol. The van der Waals surface area contributed by atoms with Crippen molar-refractivity contribution < 1.29 is 19.1 Å². The fraction of sp³-hybridized carbons (Fsp3) is 0.519. The minimum absolute atomic E-state index is 0.122. The molecule has 2 fully saturated rings. The molecule has 2 aliphatic heterocycles. The van der Waals surface area contributed by atoms with Crippen LogP contribution in [0.15, 0.2) is 36.8 Å². The molecule has 2 aromatic heterocycles. The number of carbonyl (C=O) groups excluding carboxylic acids is 2. The largest absolute Gasteiger partial charge is 0.444 e. The van der Waals surface area contributed by atoms with Gasteiger partial charge >= 0.3 is 6.09 Å². The van der Waals surface area contributed by atoms with E-state index in [0.29, 0.717) is 30.4 Å². The lowest BCUT2D eigenvalue weighted by Crippen LogP contribution is -2.48. The van der Waals surface area contributed by atoms with E-state index in [-0.39, 0.29) is 18.0 Å². The number of hydrogen-bond acceptors (Lipinski definition) is 8. The minimum atomic E-state index is -0.508. The van der Waals surface area contributed by atoms with E-state index in [4.69, 9.17) is 9.47 Å². The van der Waals surface area contributed by atoms with E-state index >= 15 is 0 Å². The Labute approximate surface area is 222 Å². The average molecular weight is 522 g/mol. The Morgan fingerprint density at radius 2 is 1.61 bits per heavy atom. The number of likely N-dealkylation sites (tertiary alicyclic amines) is 1. The van der Waals surface area contributed by atoms with E-state index in [9.17, 15) is 9.59 Å². The normalized spacial score (nSPS) is 17.1. The van der Waals surface area contributed by atoms with Gasteiger partial charge in [-0.15, -0.1) is 0 Å². The summed E-state index contributed by atoms with van der Waals surface area (Å²) >= 11 is 0. The van der Waals surface area contributed by atoms with Crippen molar-refractivity contribution in [3.63, 3.8) is 0 Å². The first-order valence-corrected chi connectivity index (χ1v) is 13.1. The minimum Gasteiger partial charge on any atom is -0.444 e. The lowest BCUT2D eigenvalue weighted by atomic mass is 10.1. The van der Waals surface area contributed by atoms with Gasteiger partial charge in [-0.1, -0.05) is 0 Å². The maximum Gasteiger partial charge on any atom is 0.410 e. The summed E-state index contributed by atoms with van der Waals surface area (Å²) < 4.78 is 13.6. The van der Waals surface area contributed by atoms with Gasteiger partial charge in [0.05, 0.1) is 12.2 Å². The lowest BCUT2D eigenvalue weighted by molar-refractivity contribution is -0.129. The molecule has 0 bridgehead atoms. The topological polar surface area (TPSA) is 106 Å². The number of piperidine rings is 1. The van der Waals surface area contributed by atoms with Crippen LogP contribution in [0.3, 0.4) is 0 Å². The van der Waals surface area contributed by atoms with Gasteiger partial charge in [-0.05, 0) is 57.9 Å². The summed E-state index contributed by atoms with van der Waals surface area (Å²) in [5.41, 5.74) is 1.30. The number of hydrogen-bond donors (Lipinski definition) is 0. The Morgan fingerprint density at radius 1 is 0.921 bits per heavy atom. The van der Waals surface area contributed by atoms with Crippen molar-refractivity contribution in [2.75, 3.05) is 44.2 Å². The van der Waals surface area contributed by atoms with Crippen LogP contribution in [-0.4, -0.2) is 86.4 Å². The molecule has 38 heavy (non-hydrogen) atoms. The number of rotatable bonds is 4. The second-order valence-electron chi connectivity index (χ2n) is 10.8. The van der Waals surface area contributed by atoms with Crippen LogP contribution in [0.25, 0.3) is 11.0 Å². The highest BCUT2D eigenvalue weighted by Gasteiger charge is 2.29. The first kappa shape index (κ1) is 25.7. The van der Waals surface area contributed by atoms with Gasteiger partial charge in [0.25, 0.3) is 0 Å². The monoisotopic (exact) mass is 521 g/mol. The van der Waals surface area contributed by atoms with Gasteiger partial charge in [0.2, 0.25) is 11.8 Å². The van der Waals surface area contributed by atoms with Crippen molar-refractivity contribution in [3.05, 3.63) is 36.8 Å². The van der Waals surface area contributed by atoms with Crippen molar-refractivity contribution in [1.29, 1.82) is 0 Å². The van der Waals surface area contributed by atoms with Gasteiger partial charge in [0.15, 0.2) is 5.65 Å². The Morgan fingerprint density at radius 3 is 2.24 bits per heavy atom. The zero-order valence-corrected chi connectivity index (χ0v) is 22.5. The van der Waals surface area contributed by atoms with Gasteiger partial charge in [0, 0.05) is 51.9 Å². The summed E-state index contributed by atoms with van der Waals surface area (Å²) in [6.07, 6.45) is 4.49. The third kappa shape index (κ3) is 5.66. The molecule has 0 spiro atoms. The molecule has 2 amide bonds. The molecular formula is C27H35N7O4. The van der Waals surface area contributed by atoms with Crippen LogP contribution < -0.4 is 9.64 Å². The first-order chi connectivity index (χ1) is 18.2. The number of aromatic nitrogens is 4. The molecule has 1 aromatic carbocycles. The van der Waals surface area contributed by atoms with E-state index in [1.807, 2.05) is 54.6 Å². The second kappa shape index (κ2) is 10.5. The molecule has 0 radical (unpaired) electrons. The van der Waals surface area contributed by atoms with Crippen molar-refractivity contribution in [2.45, 2.75) is 52.2 Å². The van der Waals surface area contributed by atoms with Crippen LogP contribution in [0, 0.1) is 0 Å². The third-order valence-electron chi connectivity index (χ3n) is 6.96. The van der Waals surface area contributed by atoms with Gasteiger partial charge in [-0.2, -0.15) is 5.10 Å². The summed E-state index contributed by atoms with van der Waals surface area (Å²) in [7, 11) is 0. The molecule has 0 unspecified atom stereocenters. The van der Waals surface area contributed by atoms with Crippen molar-refractivity contribution in [2.24, 2.45) is 0 Å². The number of piperazine rings is 1. The molecule has 11 heteroatoms. The maximum absolute atomic E-state index is 12.4. The van der Waals surface area contributed by atoms with Crippen molar-refractivity contribution in [3.8, 4) is 11.6 Å². The zero-order valence-electron chi connectivity index (χ0n) is 22.5. The molecule has 2 saturated heterocycles. The molecule has 0 saturated carbocycles. The van der Waals surface area contributed by atoms with Gasteiger partial charge in [-0.3, -0.25) is 4.79 Å². The molecule has 0 aliphatic carbocycles. The van der Waals surface area contributed by atoms with Gasteiger partial charge in [-0.25, -0.2) is 19.4 Å². The third-order valence-corrected chi connectivity index (χ3v) is 6.96. The highest BCUT2D eigenvalue weighted by atomic mass is 16.6. The number of amides is 2. The van der Waals surface area contributed by atoms with Gasteiger partial charge in [0.1, 0.15) is 23.1 Å². The lowest BCUT2D eigenvalue weighted by Gasteiger charge is -2.35. The van der Waals surface area contributed by atoms with Crippen LogP contribution in [0.4, 0.5) is 10.5 Å². The highest BCUT2D eigenvalue weighted by Crippen LogP contribution is 2.31. The van der Waals surface area contributed by atoms with Crippen molar-refractivity contribution >= 4 is 28.7 Å². The number of nitrogens with zero attached hydrogens (tertiary/aromatic N) is 7. The number of fused-ring (bicyclic) bond motifs is 1. The molecule has 3 aromatic rings. The van der Waals surface area contributed by atoms with Crippen LogP contribution in [0.5, 0.6) is 11.6 Å². The van der Waals surface area contributed by atoms with Crippen molar-refractivity contribution in [1.82, 2.24) is 29.5 Å². The summed E-state index contributed by atoms with van der Waals surface area (Å²) in [5.74, 6) is 1.25. The Balaban J connectivity index is 1.23. The number of ether oxygens (including phenoxy) is 2. The molecule has 2 aliphatic rings. The molecule has 4 heterocycles. The fourth-order valence-electron chi connectivity index (χ4n) is 4.93. The summed E-state index contributed by atoms with van der Waals surface area (Å²) in [5, 5.41) is 5.35. The molecule has 0 N–H and O–H groups in total. The van der Waals surface area contributed by atoms with E-state index in [0.717, 1.165) is 50.1 Å². The average Bonchev–Trinajstić information content (AvgIpc) is 3.34. The van der Waals surface area contributed by atoms with E-state index in [1.54, 1.807) is 18.0 Å². The maximum atomic E-state index is 12.4. The van der Waals surface area contributed by atoms with Crippen LogP contribution in [0.2, 0.25) is 0 Å². The molecule has 5 rings (SSSR count). The molecule has 11 nitrogen and oxygen atoms in total. The Hall–Kier alpha value is -3.89. The summed E-state index contributed by atoms with van der Waals surface area (Å²) in [6, 6.07) is 8.03. The Kier molecular flexibility index (Phi) is 7.09. The smallest absolute Gasteiger partial charge is 0.410 e. The molecular weight excluding hydrogens is 486 g/mol. The Bertz CT molecular complexity index is 1280. The zero-order chi connectivity index (χ0) is 26.9. The number of benzene rings is 1. The van der Waals surface area contributed by atoms with E-state index < -0.39 is 5.60 Å². The standard InChI is InChI=1S/C27H35N7O4/c1-19(35)31-13-15-32(16-14-31)20-5-7-22(8-6-20)37-25-23-17-30-34(24(23)28-18-29-25)21-9-11-33(12-10-21)26(36)38-27(2,3)4/h5-8,17-18,21H,9-16H2,1-4H3. The molecule has 202 valence electrons. The van der Waals surface area contributed by atoms with E-state index in [2.05, 4.69) is 20.0 Å². The first-order valence-electron chi connectivity index (χ1n) is 13.1. The van der Waals surface area contributed by atoms with Crippen LogP contribution in [0.1, 0.15) is 46.6 Å². The van der Waals surface area contributed by atoms with Gasteiger partial charge < -0.3 is 24.2 Å². The molecule has 0 atom stereocenters. The fourth-order valence-corrected chi connectivity index (χ4v) is 4.93. The summed E-state index contributed by atoms with van der Waals surface area (Å²) in [4.78, 5) is 38.7. The van der Waals surface area contributed by atoms with Crippen LogP contribution >= 0.6 is 0 Å². The quantitative estimate of drug-likeness (QED) is 0.510. The highest BCUT2D eigenvalue weighted by molar-refractivity contribution is 5.80. The summed E-state index contributed by atoms with van der Waals surface area (Å²) in [6.45, 7) is 11.5. The second-order valence-corrected chi connectivity index (χ2v) is 10.8.